The van der Waals surface area contributed by atoms with Gasteiger partial charge in [-0.05, 0) is 68.5 Å². The van der Waals surface area contributed by atoms with Crippen LogP contribution in [0.3, 0.4) is 0 Å². The monoisotopic (exact) mass is 310 g/mol. The Morgan fingerprint density at radius 1 is 0.955 bits per heavy atom. The summed E-state index contributed by atoms with van der Waals surface area (Å²) in [6.45, 7) is 8.64. The summed E-state index contributed by atoms with van der Waals surface area (Å²) in [6.07, 6.45) is 5.37. The number of rotatable bonds is 4. The summed E-state index contributed by atoms with van der Waals surface area (Å²) in [7, 11) is 0. The van der Waals surface area contributed by atoms with Crippen LogP contribution in [0.25, 0.3) is 5.57 Å². The lowest BCUT2D eigenvalue weighted by Gasteiger charge is -2.07. The highest BCUT2D eigenvalue weighted by atomic mass is 35.5. The molecule has 114 valence electrons. The van der Waals surface area contributed by atoms with E-state index in [0.29, 0.717) is 0 Å². The van der Waals surface area contributed by atoms with Gasteiger partial charge in [0, 0.05) is 5.02 Å². The normalized spacial score (nSPS) is 12.6. The summed E-state index contributed by atoms with van der Waals surface area (Å²) < 4.78 is 0. The first-order chi connectivity index (χ1) is 10.5. The number of hydrogen-bond acceptors (Lipinski definition) is 0. The van der Waals surface area contributed by atoms with Crippen molar-refractivity contribution in [1.29, 1.82) is 0 Å². The highest BCUT2D eigenvalue weighted by Crippen LogP contribution is 2.20. The Morgan fingerprint density at radius 2 is 1.64 bits per heavy atom. The molecule has 0 saturated carbocycles. The predicted octanol–water partition coefficient (Wildman–Crippen LogP) is 6.55. The summed E-state index contributed by atoms with van der Waals surface area (Å²) in [5, 5.41) is 0.788. The van der Waals surface area contributed by atoms with Crippen molar-refractivity contribution in [3.05, 3.63) is 87.5 Å². The van der Waals surface area contributed by atoms with Gasteiger partial charge in [0.25, 0.3) is 0 Å². The topological polar surface area (TPSA) is 0 Å². The molecule has 0 atom stereocenters. The van der Waals surface area contributed by atoms with Gasteiger partial charge < -0.3 is 0 Å². The Balaban J connectivity index is 2.12. The summed E-state index contributed by atoms with van der Waals surface area (Å²) in [5.41, 5.74) is 7.89. The van der Waals surface area contributed by atoms with Crippen molar-refractivity contribution in [3.63, 3.8) is 0 Å². The van der Waals surface area contributed by atoms with Gasteiger partial charge >= 0.3 is 0 Å². The first kappa shape index (κ1) is 16.6. The van der Waals surface area contributed by atoms with Crippen molar-refractivity contribution in [3.8, 4) is 0 Å². The lowest BCUT2D eigenvalue weighted by atomic mass is 9.98. The second kappa shape index (κ2) is 7.47. The Morgan fingerprint density at radius 3 is 2.27 bits per heavy atom. The van der Waals surface area contributed by atoms with Crippen LogP contribution < -0.4 is 0 Å². The lowest BCUT2D eigenvalue weighted by Crippen LogP contribution is -1.88. The molecule has 0 aromatic heterocycles. The number of benzene rings is 2. The highest BCUT2D eigenvalue weighted by Gasteiger charge is 2.00. The maximum atomic E-state index is 5.92. The zero-order chi connectivity index (χ0) is 16.1. The third-order valence-corrected chi connectivity index (χ3v) is 4.07. The van der Waals surface area contributed by atoms with E-state index in [9.17, 15) is 0 Å². The Bertz CT molecular complexity index is 703. The number of aryl methyl sites for hydroxylation is 2. The van der Waals surface area contributed by atoms with Crippen molar-refractivity contribution in [2.24, 2.45) is 0 Å². The second-order valence-corrected chi connectivity index (χ2v) is 6.42. The molecule has 0 aliphatic carbocycles. The van der Waals surface area contributed by atoms with E-state index < -0.39 is 0 Å². The first-order valence-corrected chi connectivity index (χ1v) is 7.99. The number of allylic oxidation sites excluding steroid dienone is 4. The van der Waals surface area contributed by atoms with E-state index in [2.05, 4.69) is 70.2 Å². The molecule has 0 spiro atoms. The summed E-state index contributed by atoms with van der Waals surface area (Å²) >= 11 is 5.92. The van der Waals surface area contributed by atoms with Gasteiger partial charge in [-0.25, -0.2) is 0 Å². The molecule has 0 unspecified atom stereocenters. The minimum Gasteiger partial charge on any atom is -0.0843 e. The fraction of sp³-hybridized carbons (Fsp3) is 0.238. The van der Waals surface area contributed by atoms with Crippen LogP contribution in [0.4, 0.5) is 0 Å². The van der Waals surface area contributed by atoms with E-state index in [0.717, 1.165) is 11.4 Å². The predicted molar refractivity (Wildman–Crippen MR) is 98.5 cm³/mol. The van der Waals surface area contributed by atoms with Crippen molar-refractivity contribution < 1.29 is 0 Å². The molecule has 0 nitrogen and oxygen atoms in total. The van der Waals surface area contributed by atoms with Gasteiger partial charge in [0.15, 0.2) is 0 Å². The van der Waals surface area contributed by atoms with Gasteiger partial charge in [-0.3, -0.25) is 0 Å². The third kappa shape index (κ3) is 4.61. The number of hydrogen-bond donors (Lipinski definition) is 0. The third-order valence-electron chi connectivity index (χ3n) is 3.82. The van der Waals surface area contributed by atoms with E-state index in [4.69, 9.17) is 11.6 Å². The molecule has 0 radical (unpaired) electrons. The van der Waals surface area contributed by atoms with Crippen LogP contribution in [-0.2, 0) is 6.42 Å². The van der Waals surface area contributed by atoms with Crippen LogP contribution in [0, 0.1) is 13.8 Å². The van der Waals surface area contributed by atoms with E-state index in [1.807, 2.05) is 12.1 Å². The van der Waals surface area contributed by atoms with Crippen LogP contribution in [0.5, 0.6) is 0 Å². The Kier molecular flexibility index (Phi) is 5.63. The van der Waals surface area contributed by atoms with Crippen LogP contribution >= 0.6 is 11.6 Å². The smallest absolute Gasteiger partial charge is 0.0406 e. The van der Waals surface area contributed by atoms with Gasteiger partial charge in [0.05, 0.1) is 0 Å². The van der Waals surface area contributed by atoms with Gasteiger partial charge in [0.1, 0.15) is 0 Å². The van der Waals surface area contributed by atoms with E-state index >= 15 is 0 Å². The van der Waals surface area contributed by atoms with Gasteiger partial charge in [-0.15, -0.1) is 0 Å². The van der Waals surface area contributed by atoms with Crippen molar-refractivity contribution in [2.45, 2.75) is 34.1 Å². The molecular formula is C21H23Cl. The maximum absolute atomic E-state index is 5.92. The molecule has 0 aliphatic rings. The van der Waals surface area contributed by atoms with E-state index in [1.165, 1.54) is 33.4 Å². The average Bonchev–Trinajstić information content (AvgIpc) is 2.47. The molecule has 0 saturated heterocycles. The van der Waals surface area contributed by atoms with Crippen LogP contribution in [0.15, 0.2) is 60.2 Å². The fourth-order valence-electron chi connectivity index (χ4n) is 2.60. The fourth-order valence-corrected chi connectivity index (χ4v) is 2.72. The highest BCUT2D eigenvalue weighted by molar-refractivity contribution is 6.30. The summed E-state index contributed by atoms with van der Waals surface area (Å²) in [4.78, 5) is 0. The van der Waals surface area contributed by atoms with Crippen LogP contribution in [0.2, 0.25) is 5.02 Å². The van der Waals surface area contributed by atoms with Crippen molar-refractivity contribution in [2.75, 3.05) is 0 Å². The minimum atomic E-state index is 0.788. The molecule has 2 rings (SSSR count). The zero-order valence-corrected chi connectivity index (χ0v) is 14.5. The van der Waals surface area contributed by atoms with Crippen LogP contribution in [0.1, 0.15) is 36.1 Å². The Hall–Kier alpha value is -1.79. The van der Waals surface area contributed by atoms with Crippen molar-refractivity contribution in [1.82, 2.24) is 0 Å². The zero-order valence-electron chi connectivity index (χ0n) is 13.8. The summed E-state index contributed by atoms with van der Waals surface area (Å²) in [6, 6.07) is 14.7. The minimum absolute atomic E-state index is 0.788. The SMILES string of the molecule is C/C(=C/C=C(\C)c1ccc(C)cc1C)Cc1ccc(Cl)cc1. The number of halogens is 1. The second-order valence-electron chi connectivity index (χ2n) is 5.98. The Labute approximate surface area is 139 Å². The average molecular weight is 311 g/mol. The molecule has 0 fully saturated rings. The molecule has 0 bridgehead atoms. The largest absolute Gasteiger partial charge is 0.0843 e. The summed E-state index contributed by atoms with van der Waals surface area (Å²) in [5.74, 6) is 0. The molecule has 0 aliphatic heterocycles. The molecule has 22 heavy (non-hydrogen) atoms. The molecular weight excluding hydrogens is 288 g/mol. The van der Waals surface area contributed by atoms with Crippen LogP contribution in [-0.4, -0.2) is 0 Å². The molecule has 1 heteroatoms. The van der Waals surface area contributed by atoms with E-state index in [1.54, 1.807) is 0 Å². The van der Waals surface area contributed by atoms with Gasteiger partial charge in [0.2, 0.25) is 0 Å². The molecule has 0 amide bonds. The standard InChI is InChI=1S/C21H23Cl/c1-15-6-12-21(18(4)13-15)17(3)7-5-16(2)14-19-8-10-20(22)11-9-19/h5-13H,14H2,1-4H3/b16-5-,17-7+. The quantitative estimate of drug-likeness (QED) is 0.562. The molecule has 2 aromatic carbocycles. The lowest BCUT2D eigenvalue weighted by molar-refractivity contribution is 1.14. The molecule has 0 heterocycles. The van der Waals surface area contributed by atoms with Gasteiger partial charge in [-0.2, -0.15) is 0 Å². The first-order valence-electron chi connectivity index (χ1n) is 7.62. The van der Waals surface area contributed by atoms with E-state index in [-0.39, 0.29) is 0 Å². The molecule has 2 aromatic rings. The maximum Gasteiger partial charge on any atom is 0.0406 e. The van der Waals surface area contributed by atoms with Crippen molar-refractivity contribution >= 4 is 17.2 Å². The molecule has 0 N–H and O–H groups in total. The van der Waals surface area contributed by atoms with Gasteiger partial charge in [-0.1, -0.05) is 65.2 Å².